The highest BCUT2D eigenvalue weighted by Crippen LogP contribution is 2.39. The number of hydrogen-bond acceptors (Lipinski definition) is 5. The molecule has 0 unspecified atom stereocenters. The molecule has 0 spiro atoms. The molecule has 0 bridgehead atoms. The summed E-state index contributed by atoms with van der Waals surface area (Å²) in [6, 6.07) is 4.44. The summed E-state index contributed by atoms with van der Waals surface area (Å²) in [5, 5.41) is 14.0. The SMILES string of the molecule is CN1C(=O)/C(=C2/COCCN2)c2cc([N+](=O)[O-])ccc21. The van der Waals surface area contributed by atoms with Crippen LogP contribution in [0.25, 0.3) is 5.57 Å². The number of nitro benzene ring substituents is 1. The molecule has 0 aliphatic carbocycles. The van der Waals surface area contributed by atoms with Crippen molar-refractivity contribution >= 4 is 22.9 Å². The molecule has 1 amide bonds. The molecule has 1 N–H and O–H groups in total. The molecular weight excluding hydrogens is 262 g/mol. The molecule has 1 saturated heterocycles. The summed E-state index contributed by atoms with van der Waals surface area (Å²) in [6.07, 6.45) is 0. The molecule has 0 atom stereocenters. The Morgan fingerprint density at radius 2 is 2.25 bits per heavy atom. The lowest BCUT2D eigenvalue weighted by Gasteiger charge is -2.19. The molecule has 2 aliphatic rings. The third-order valence-corrected chi connectivity index (χ3v) is 3.47. The van der Waals surface area contributed by atoms with Crippen LogP contribution >= 0.6 is 0 Å². The third-order valence-electron chi connectivity index (χ3n) is 3.47. The maximum atomic E-state index is 12.3. The molecule has 2 heterocycles. The van der Waals surface area contributed by atoms with E-state index in [2.05, 4.69) is 5.32 Å². The number of rotatable bonds is 1. The first kappa shape index (κ1) is 12.6. The van der Waals surface area contributed by atoms with Gasteiger partial charge in [-0.15, -0.1) is 0 Å². The summed E-state index contributed by atoms with van der Waals surface area (Å²) in [4.78, 5) is 24.3. The lowest BCUT2D eigenvalue weighted by molar-refractivity contribution is -0.384. The van der Waals surface area contributed by atoms with E-state index in [1.165, 1.54) is 17.0 Å². The van der Waals surface area contributed by atoms with Gasteiger partial charge in [-0.05, 0) is 6.07 Å². The monoisotopic (exact) mass is 275 g/mol. The van der Waals surface area contributed by atoms with E-state index in [0.717, 1.165) is 0 Å². The molecular formula is C13H13N3O4. The number of carbonyl (C=O) groups excluding carboxylic acids is 1. The minimum absolute atomic E-state index is 0.0262. The summed E-state index contributed by atoms with van der Waals surface area (Å²) >= 11 is 0. The highest BCUT2D eigenvalue weighted by molar-refractivity contribution is 6.33. The van der Waals surface area contributed by atoms with Crippen LogP contribution in [0, 0.1) is 10.1 Å². The zero-order chi connectivity index (χ0) is 14.3. The average Bonchev–Trinajstić information content (AvgIpc) is 2.71. The molecule has 0 saturated carbocycles. The van der Waals surface area contributed by atoms with Crippen LogP contribution in [0.5, 0.6) is 0 Å². The van der Waals surface area contributed by atoms with Gasteiger partial charge < -0.3 is 15.0 Å². The predicted octanol–water partition coefficient (Wildman–Crippen LogP) is 0.902. The number of nitrogens with one attached hydrogen (secondary N) is 1. The van der Waals surface area contributed by atoms with E-state index < -0.39 is 4.92 Å². The van der Waals surface area contributed by atoms with Crippen LogP contribution in [0.15, 0.2) is 23.9 Å². The number of morpholine rings is 1. The van der Waals surface area contributed by atoms with Gasteiger partial charge in [0.1, 0.15) is 0 Å². The van der Waals surface area contributed by atoms with Crippen molar-refractivity contribution in [3.05, 3.63) is 39.6 Å². The van der Waals surface area contributed by atoms with E-state index >= 15 is 0 Å². The van der Waals surface area contributed by atoms with Gasteiger partial charge in [-0.25, -0.2) is 0 Å². The van der Waals surface area contributed by atoms with Crippen molar-refractivity contribution in [1.82, 2.24) is 5.32 Å². The van der Waals surface area contributed by atoms with E-state index in [0.29, 0.717) is 42.3 Å². The number of hydrogen-bond donors (Lipinski definition) is 1. The van der Waals surface area contributed by atoms with Gasteiger partial charge in [-0.3, -0.25) is 14.9 Å². The number of non-ortho nitro benzene ring substituents is 1. The van der Waals surface area contributed by atoms with Gasteiger partial charge in [0.05, 0.1) is 35.1 Å². The van der Waals surface area contributed by atoms with Gasteiger partial charge in [-0.1, -0.05) is 0 Å². The summed E-state index contributed by atoms with van der Waals surface area (Å²) in [5.74, 6) is -0.173. The first-order chi connectivity index (χ1) is 9.59. The predicted molar refractivity (Wildman–Crippen MR) is 72.2 cm³/mol. The Morgan fingerprint density at radius 1 is 1.45 bits per heavy atom. The van der Waals surface area contributed by atoms with Crippen LogP contribution in [-0.2, 0) is 9.53 Å². The second-order valence-corrected chi connectivity index (χ2v) is 4.66. The molecule has 104 valence electrons. The zero-order valence-corrected chi connectivity index (χ0v) is 10.9. The molecule has 3 rings (SSSR count). The standard InChI is InChI=1S/C13H13N3O4/c1-15-11-3-2-8(16(18)19)6-9(11)12(13(15)17)10-7-20-5-4-14-10/h2-3,6,14H,4-5,7H2,1H3/b12-10-. The van der Waals surface area contributed by atoms with Crippen molar-refractivity contribution in [2.75, 3.05) is 31.7 Å². The zero-order valence-electron chi connectivity index (χ0n) is 10.9. The van der Waals surface area contributed by atoms with Crippen molar-refractivity contribution in [3.8, 4) is 0 Å². The molecule has 0 radical (unpaired) electrons. The number of amides is 1. The van der Waals surface area contributed by atoms with Crippen molar-refractivity contribution in [2.45, 2.75) is 0 Å². The highest BCUT2D eigenvalue weighted by Gasteiger charge is 2.34. The normalized spacial score (nSPS) is 21.6. The van der Waals surface area contributed by atoms with Crippen LogP contribution in [0.2, 0.25) is 0 Å². The number of fused-ring (bicyclic) bond motifs is 1. The van der Waals surface area contributed by atoms with E-state index in [4.69, 9.17) is 4.74 Å². The Hall–Kier alpha value is -2.41. The summed E-state index contributed by atoms with van der Waals surface area (Å²) in [6.45, 7) is 1.53. The Morgan fingerprint density at radius 3 is 2.90 bits per heavy atom. The molecule has 20 heavy (non-hydrogen) atoms. The molecule has 7 heteroatoms. The Kier molecular flexibility index (Phi) is 2.90. The van der Waals surface area contributed by atoms with E-state index in [1.807, 2.05) is 0 Å². The molecule has 0 aromatic heterocycles. The van der Waals surface area contributed by atoms with E-state index in [1.54, 1.807) is 13.1 Å². The maximum absolute atomic E-state index is 12.3. The minimum atomic E-state index is -0.462. The number of nitro groups is 1. The first-order valence-electron chi connectivity index (χ1n) is 6.21. The fourth-order valence-corrected chi connectivity index (χ4v) is 2.47. The van der Waals surface area contributed by atoms with Crippen LogP contribution in [0.3, 0.4) is 0 Å². The number of benzene rings is 1. The molecule has 1 aromatic rings. The molecule has 7 nitrogen and oxygen atoms in total. The largest absolute Gasteiger partial charge is 0.383 e. The molecule has 1 fully saturated rings. The number of nitrogens with zero attached hydrogens (tertiary/aromatic N) is 2. The minimum Gasteiger partial charge on any atom is -0.383 e. The molecule has 1 aromatic carbocycles. The number of ether oxygens (including phenoxy) is 1. The maximum Gasteiger partial charge on any atom is 0.270 e. The number of carbonyl (C=O) groups is 1. The quantitative estimate of drug-likeness (QED) is 0.467. The van der Waals surface area contributed by atoms with Crippen LogP contribution in [0.4, 0.5) is 11.4 Å². The van der Waals surface area contributed by atoms with Crippen LogP contribution in [0.1, 0.15) is 5.56 Å². The highest BCUT2D eigenvalue weighted by atomic mass is 16.6. The van der Waals surface area contributed by atoms with Gasteiger partial charge in [0.25, 0.3) is 11.6 Å². The fraction of sp³-hybridized carbons (Fsp3) is 0.308. The number of anilines is 1. The van der Waals surface area contributed by atoms with E-state index in [9.17, 15) is 14.9 Å². The summed E-state index contributed by atoms with van der Waals surface area (Å²) in [7, 11) is 1.66. The third kappa shape index (κ3) is 1.83. The van der Waals surface area contributed by atoms with Crippen molar-refractivity contribution in [3.63, 3.8) is 0 Å². The van der Waals surface area contributed by atoms with Crippen molar-refractivity contribution in [1.29, 1.82) is 0 Å². The van der Waals surface area contributed by atoms with Gasteiger partial charge in [0.15, 0.2) is 0 Å². The van der Waals surface area contributed by atoms with Gasteiger partial charge >= 0.3 is 0 Å². The van der Waals surface area contributed by atoms with E-state index in [-0.39, 0.29) is 11.6 Å². The lowest BCUT2D eigenvalue weighted by atomic mass is 10.0. The fourth-order valence-electron chi connectivity index (χ4n) is 2.47. The Bertz CT molecular complexity index is 631. The first-order valence-corrected chi connectivity index (χ1v) is 6.21. The second-order valence-electron chi connectivity index (χ2n) is 4.66. The smallest absolute Gasteiger partial charge is 0.270 e. The Balaban J connectivity index is 2.17. The second kappa shape index (κ2) is 4.61. The van der Waals surface area contributed by atoms with Gasteiger partial charge in [-0.2, -0.15) is 0 Å². The van der Waals surface area contributed by atoms with Crippen molar-refractivity contribution < 1.29 is 14.5 Å². The summed E-state index contributed by atoms with van der Waals surface area (Å²) in [5.41, 5.74) is 2.38. The van der Waals surface area contributed by atoms with Gasteiger partial charge in [0.2, 0.25) is 0 Å². The lowest BCUT2D eigenvalue weighted by Crippen LogP contribution is -2.31. The molecule has 2 aliphatic heterocycles. The summed E-state index contributed by atoms with van der Waals surface area (Å²) < 4.78 is 5.35. The number of likely N-dealkylation sites (N-methyl/N-ethyl adjacent to an activating group) is 1. The van der Waals surface area contributed by atoms with Gasteiger partial charge in [0, 0.05) is 31.3 Å². The van der Waals surface area contributed by atoms with Crippen LogP contribution < -0.4 is 10.2 Å². The van der Waals surface area contributed by atoms with Crippen molar-refractivity contribution in [2.24, 2.45) is 0 Å². The topological polar surface area (TPSA) is 84.7 Å². The Labute approximate surface area is 115 Å². The van der Waals surface area contributed by atoms with Crippen LogP contribution in [-0.4, -0.2) is 37.6 Å². The average molecular weight is 275 g/mol.